The third kappa shape index (κ3) is 10.8. The molecule has 2 aliphatic carbocycles. The molecule has 5 saturated heterocycles. The second-order valence-corrected chi connectivity index (χ2v) is 25.9. The molecule has 2 aromatic rings. The fourth-order valence-electron chi connectivity index (χ4n) is 13.0. The molecule has 7 aliphatic rings. The topological polar surface area (TPSA) is 222 Å². The zero-order valence-corrected chi connectivity index (χ0v) is 47.0. The number of aryl methyl sites for hydroxylation is 2. The summed E-state index contributed by atoms with van der Waals surface area (Å²) in [7, 11) is 3.38. The van der Waals surface area contributed by atoms with Crippen molar-refractivity contribution in [2.75, 3.05) is 51.8 Å². The number of thioether (sulfide) groups is 2. The van der Waals surface area contributed by atoms with Gasteiger partial charge in [-0.25, -0.2) is 0 Å². The first-order valence-corrected chi connectivity index (χ1v) is 29.5. The van der Waals surface area contributed by atoms with Crippen LogP contribution in [0, 0.1) is 22.7 Å². The Labute approximate surface area is 455 Å². The highest BCUT2D eigenvalue weighted by atomic mass is 32.2. The summed E-state index contributed by atoms with van der Waals surface area (Å²) in [5.74, 6) is -1.89. The highest BCUT2D eigenvalue weighted by molar-refractivity contribution is 8.00. The van der Waals surface area contributed by atoms with Gasteiger partial charge in [0.15, 0.2) is 0 Å². The molecule has 9 rings (SSSR count). The van der Waals surface area contributed by atoms with Gasteiger partial charge >= 0.3 is 0 Å². The second kappa shape index (κ2) is 22.7. The number of nitrogens with zero attached hydrogens (tertiary/aromatic N) is 4. The van der Waals surface area contributed by atoms with Crippen LogP contribution >= 0.6 is 23.5 Å². The number of fused-ring (bicyclic) bond motifs is 4. The number of benzene rings is 2. The van der Waals surface area contributed by atoms with Gasteiger partial charge < -0.3 is 51.5 Å². The summed E-state index contributed by atoms with van der Waals surface area (Å²) in [6, 6.07) is 10.2. The molecule has 2 aromatic carbocycles. The SMILES string of the molecule is CN[C@@H](C)C(=O)N[C@H]1CCSC2CC(C)(C)[C@@H](C(=O)N[C@@H]3c4ccccc4CC[C@H]3C(=O)N3CCN(C(=O)[C@H]4CCc5ccccc5[C@@H]4NC(=O)[C@@H]4N5C(=O)[C@@H](NC(=O)[C@@H](C)NC)CCSC5CC4(C)C)CC3)N2C1=O. The van der Waals surface area contributed by atoms with Crippen LogP contribution in [0.2, 0.25) is 0 Å². The molecule has 8 amide bonds. The number of amides is 8. The number of hydrogen-bond donors (Lipinski definition) is 6. The quantitative estimate of drug-likeness (QED) is 0.181. The minimum Gasteiger partial charge on any atom is -0.347 e. The fourth-order valence-corrected chi connectivity index (χ4v) is 16.2. The molecule has 0 aromatic heterocycles. The van der Waals surface area contributed by atoms with E-state index in [4.69, 9.17) is 0 Å². The Morgan fingerprint density at radius 2 is 0.921 bits per heavy atom. The van der Waals surface area contributed by atoms with Crippen molar-refractivity contribution < 1.29 is 38.4 Å². The average molecular weight is 1080 g/mol. The predicted molar refractivity (Wildman–Crippen MR) is 292 cm³/mol. The number of hydrogen-bond acceptors (Lipinski definition) is 12. The second-order valence-electron chi connectivity index (χ2n) is 23.4. The van der Waals surface area contributed by atoms with Crippen LogP contribution in [0.3, 0.4) is 0 Å². The van der Waals surface area contributed by atoms with Crippen LogP contribution in [0.1, 0.15) is 114 Å². The normalized spacial score (nSPS) is 30.5. The van der Waals surface area contributed by atoms with E-state index in [1.165, 1.54) is 0 Å². The van der Waals surface area contributed by atoms with Gasteiger partial charge in [0.2, 0.25) is 47.3 Å². The first kappa shape index (κ1) is 55.6. The van der Waals surface area contributed by atoms with Gasteiger partial charge in [-0.05, 0) is 124 Å². The van der Waals surface area contributed by atoms with E-state index in [1.54, 1.807) is 61.3 Å². The molecule has 412 valence electrons. The smallest absolute Gasteiger partial charge is 0.246 e. The summed E-state index contributed by atoms with van der Waals surface area (Å²) < 4.78 is 0. The van der Waals surface area contributed by atoms with E-state index in [-0.39, 0.29) is 84.2 Å². The molecule has 18 nitrogen and oxygen atoms in total. The van der Waals surface area contributed by atoms with E-state index < -0.39 is 71.0 Å². The minimum absolute atomic E-state index is 0.105. The van der Waals surface area contributed by atoms with Crippen LogP contribution in [0.5, 0.6) is 0 Å². The Morgan fingerprint density at radius 3 is 1.29 bits per heavy atom. The Morgan fingerprint density at radius 1 is 0.553 bits per heavy atom. The predicted octanol–water partition coefficient (Wildman–Crippen LogP) is 2.86. The molecule has 6 N–H and O–H groups in total. The van der Waals surface area contributed by atoms with Crippen molar-refractivity contribution >= 4 is 70.8 Å². The molecule has 5 heterocycles. The lowest BCUT2D eigenvalue weighted by atomic mass is 9.77. The standard InChI is InChI=1S/C56H78N10O8S2/c1-31(57-7)47(67)59-39-21-27-75-41-29-55(3,4)45(65(41)53(39)73)49(69)61-43-35-15-11-9-13-33(35)17-19-37(43)51(71)63-23-25-64(26-24-63)52(72)38-20-18-34-14-10-12-16-36(34)44(38)62-50(70)46-56(5,6)30-42-66(46)54(74)40(22-28-76-42)60-48(68)32(2)58-8/h9-16,31-32,37-46,57-58H,17-30H2,1-8H3,(H,59,67)(H,60,68)(H,61,69)(H,62,70)/t31-,32+,37+,38-,39-,40-,41?,42?,43+,44-,45+,46-/m0/s1. The lowest BCUT2D eigenvalue weighted by molar-refractivity contribution is -0.148. The maximum atomic E-state index is 15.0. The highest BCUT2D eigenvalue weighted by Crippen LogP contribution is 2.49. The number of rotatable bonds is 12. The molecule has 0 saturated carbocycles. The summed E-state index contributed by atoms with van der Waals surface area (Å²) >= 11 is 3.27. The van der Waals surface area contributed by atoms with E-state index in [0.29, 0.717) is 62.9 Å². The molecule has 0 radical (unpaired) electrons. The Kier molecular flexibility index (Phi) is 16.6. The van der Waals surface area contributed by atoms with Crippen molar-refractivity contribution in [1.82, 2.24) is 51.5 Å². The Balaban J connectivity index is 0.897. The summed E-state index contributed by atoms with van der Waals surface area (Å²) in [6.45, 7) is 12.6. The molecule has 12 atom stereocenters. The van der Waals surface area contributed by atoms with Gasteiger partial charge in [0.25, 0.3) is 0 Å². The van der Waals surface area contributed by atoms with Crippen molar-refractivity contribution in [3.8, 4) is 0 Å². The van der Waals surface area contributed by atoms with Gasteiger partial charge in [-0.15, -0.1) is 23.5 Å². The molecular weight excluding hydrogens is 1000 g/mol. The zero-order valence-electron chi connectivity index (χ0n) is 45.3. The van der Waals surface area contributed by atoms with Crippen molar-refractivity contribution in [1.29, 1.82) is 0 Å². The lowest BCUT2D eigenvalue weighted by Crippen LogP contribution is -2.59. The third-order valence-electron chi connectivity index (χ3n) is 17.5. The molecule has 5 aliphatic heterocycles. The number of nitrogens with one attached hydrogen (secondary N) is 6. The van der Waals surface area contributed by atoms with Gasteiger partial charge in [-0.1, -0.05) is 76.2 Å². The van der Waals surface area contributed by atoms with E-state index in [2.05, 4.69) is 31.9 Å². The van der Waals surface area contributed by atoms with Crippen molar-refractivity contribution in [2.45, 2.75) is 152 Å². The van der Waals surface area contributed by atoms with Gasteiger partial charge in [0.1, 0.15) is 24.2 Å². The van der Waals surface area contributed by atoms with Crippen LogP contribution in [0.4, 0.5) is 0 Å². The molecule has 0 bridgehead atoms. The van der Waals surface area contributed by atoms with Crippen LogP contribution in [-0.4, -0.2) is 166 Å². The van der Waals surface area contributed by atoms with Crippen LogP contribution in [-0.2, 0) is 51.2 Å². The maximum Gasteiger partial charge on any atom is 0.246 e. The van der Waals surface area contributed by atoms with E-state index in [9.17, 15) is 38.4 Å². The zero-order chi connectivity index (χ0) is 54.4. The number of likely N-dealkylation sites (N-methyl/N-ethyl adjacent to an activating group) is 2. The minimum atomic E-state index is -0.840. The van der Waals surface area contributed by atoms with Crippen LogP contribution in [0.15, 0.2) is 48.5 Å². The first-order valence-electron chi connectivity index (χ1n) is 27.4. The molecule has 20 heteroatoms. The number of piperazine rings is 1. The van der Waals surface area contributed by atoms with Crippen LogP contribution < -0.4 is 31.9 Å². The van der Waals surface area contributed by atoms with Gasteiger partial charge in [-0.3, -0.25) is 38.4 Å². The summed E-state index contributed by atoms with van der Waals surface area (Å²) in [6.07, 6.45) is 4.39. The molecule has 2 unspecified atom stereocenters. The largest absolute Gasteiger partial charge is 0.347 e. The molecule has 76 heavy (non-hydrogen) atoms. The Hall–Kier alpha value is -5.18. The summed E-state index contributed by atoms with van der Waals surface area (Å²) in [4.78, 5) is 122. The first-order chi connectivity index (χ1) is 36.2. The molecule has 0 spiro atoms. The summed E-state index contributed by atoms with van der Waals surface area (Å²) in [5.41, 5.74) is 2.64. The summed E-state index contributed by atoms with van der Waals surface area (Å²) in [5, 5.41) is 17.9. The highest BCUT2D eigenvalue weighted by Gasteiger charge is 2.57. The van der Waals surface area contributed by atoms with E-state index in [1.807, 2.05) is 86.0 Å². The fraction of sp³-hybridized carbons (Fsp3) is 0.643. The van der Waals surface area contributed by atoms with Crippen molar-refractivity contribution in [3.63, 3.8) is 0 Å². The number of carbonyl (C=O) groups is 8. The monoisotopic (exact) mass is 1080 g/mol. The number of carbonyl (C=O) groups excluding carboxylic acids is 8. The van der Waals surface area contributed by atoms with Crippen LogP contribution in [0.25, 0.3) is 0 Å². The molecular formula is C56H78N10O8S2. The van der Waals surface area contributed by atoms with Crippen molar-refractivity contribution in [3.05, 3.63) is 70.8 Å². The van der Waals surface area contributed by atoms with Gasteiger partial charge in [0.05, 0.1) is 46.8 Å². The van der Waals surface area contributed by atoms with Gasteiger partial charge in [-0.2, -0.15) is 0 Å². The van der Waals surface area contributed by atoms with Crippen molar-refractivity contribution in [2.24, 2.45) is 22.7 Å². The maximum absolute atomic E-state index is 15.0. The van der Waals surface area contributed by atoms with E-state index in [0.717, 1.165) is 22.3 Å². The average Bonchev–Trinajstić information content (AvgIpc) is 3.73. The van der Waals surface area contributed by atoms with Gasteiger partial charge in [0, 0.05) is 26.2 Å². The van der Waals surface area contributed by atoms with E-state index >= 15 is 0 Å². The molecule has 5 fully saturated rings. The Bertz CT molecular complexity index is 2420. The third-order valence-corrected chi connectivity index (χ3v) is 20.0. The lowest BCUT2D eigenvalue weighted by Gasteiger charge is -2.43.